The smallest absolute Gasteiger partial charge is 0.243 e. The van der Waals surface area contributed by atoms with Gasteiger partial charge in [-0.2, -0.15) is 0 Å². The third-order valence-electron chi connectivity index (χ3n) is 3.37. The molecule has 1 amide bonds. The summed E-state index contributed by atoms with van der Waals surface area (Å²) in [4.78, 5) is 17.6. The lowest BCUT2D eigenvalue weighted by atomic mass is 10.1. The fraction of sp³-hybridized carbons (Fsp3) is 0.647. The van der Waals surface area contributed by atoms with Crippen LogP contribution in [0.1, 0.15) is 32.4 Å². The third kappa shape index (κ3) is 8.90. The maximum Gasteiger partial charge on any atom is 0.243 e. The first-order chi connectivity index (χ1) is 11.0. The van der Waals surface area contributed by atoms with Gasteiger partial charge in [-0.25, -0.2) is 4.99 Å². The van der Waals surface area contributed by atoms with Gasteiger partial charge in [0.15, 0.2) is 5.96 Å². The van der Waals surface area contributed by atoms with Gasteiger partial charge in [0.25, 0.3) is 0 Å². The van der Waals surface area contributed by atoms with Crippen LogP contribution in [0.15, 0.2) is 27.8 Å². The van der Waals surface area contributed by atoms with E-state index in [9.17, 15) is 4.79 Å². The number of carbonyl (C=O) groups excluding carboxylic acids is 1. The molecule has 0 aliphatic carbocycles. The van der Waals surface area contributed by atoms with Crippen molar-refractivity contribution in [2.45, 2.75) is 33.1 Å². The van der Waals surface area contributed by atoms with Gasteiger partial charge in [0.1, 0.15) is 12.3 Å². The molecular weight excluding hydrogens is 292 g/mol. The molecule has 130 valence electrons. The zero-order chi connectivity index (χ0) is 17.1. The zero-order valence-electron chi connectivity index (χ0n) is 14.8. The van der Waals surface area contributed by atoms with E-state index < -0.39 is 0 Å². The summed E-state index contributed by atoms with van der Waals surface area (Å²) >= 11 is 0. The lowest BCUT2D eigenvalue weighted by Gasteiger charge is -2.14. The molecule has 0 saturated heterocycles. The molecule has 1 heterocycles. The molecule has 1 aromatic heterocycles. The van der Waals surface area contributed by atoms with Crippen LogP contribution in [-0.4, -0.2) is 50.5 Å². The number of carbonyl (C=O) groups is 1. The largest absolute Gasteiger partial charge is 0.469 e. The van der Waals surface area contributed by atoms with Crippen molar-refractivity contribution in [3.8, 4) is 0 Å². The van der Waals surface area contributed by atoms with E-state index in [1.54, 1.807) is 25.3 Å². The summed E-state index contributed by atoms with van der Waals surface area (Å²) in [6, 6.07) is 3.83. The number of hydrogen-bond donors (Lipinski definition) is 2. The number of guanidine groups is 1. The second-order valence-corrected chi connectivity index (χ2v) is 6.17. The zero-order valence-corrected chi connectivity index (χ0v) is 14.8. The minimum Gasteiger partial charge on any atom is -0.469 e. The second kappa shape index (κ2) is 10.7. The molecule has 0 atom stereocenters. The van der Waals surface area contributed by atoms with Gasteiger partial charge in [0, 0.05) is 33.6 Å². The van der Waals surface area contributed by atoms with Gasteiger partial charge in [-0.1, -0.05) is 13.8 Å². The van der Waals surface area contributed by atoms with E-state index >= 15 is 0 Å². The van der Waals surface area contributed by atoms with Crippen LogP contribution in [0.3, 0.4) is 0 Å². The standard InChI is InChI=1S/C17H30N4O2/c1-14(2)7-5-10-18-17(20-13-16(22)21(3)4)19-11-9-15-8-6-12-23-15/h6,8,12,14H,5,7,9-11,13H2,1-4H3,(H2,18,19,20). The van der Waals surface area contributed by atoms with Crippen molar-refractivity contribution < 1.29 is 9.21 Å². The van der Waals surface area contributed by atoms with Crippen molar-refractivity contribution >= 4 is 11.9 Å². The first-order valence-electron chi connectivity index (χ1n) is 8.23. The number of likely N-dealkylation sites (N-methyl/N-ethyl adjacent to an activating group) is 1. The van der Waals surface area contributed by atoms with E-state index in [1.165, 1.54) is 6.42 Å². The van der Waals surface area contributed by atoms with Gasteiger partial charge in [0.05, 0.1) is 6.26 Å². The molecule has 0 spiro atoms. The fourth-order valence-electron chi connectivity index (χ4n) is 1.94. The molecular formula is C17H30N4O2. The van der Waals surface area contributed by atoms with Crippen molar-refractivity contribution in [2.24, 2.45) is 10.9 Å². The molecule has 0 aliphatic heterocycles. The lowest BCUT2D eigenvalue weighted by Crippen LogP contribution is -2.40. The third-order valence-corrected chi connectivity index (χ3v) is 3.37. The van der Waals surface area contributed by atoms with Gasteiger partial charge in [-0.15, -0.1) is 0 Å². The van der Waals surface area contributed by atoms with Crippen molar-refractivity contribution in [1.29, 1.82) is 0 Å². The van der Waals surface area contributed by atoms with Gasteiger partial charge >= 0.3 is 0 Å². The Kier molecular flexibility index (Phi) is 8.87. The summed E-state index contributed by atoms with van der Waals surface area (Å²) in [5, 5.41) is 6.54. The Morgan fingerprint density at radius 1 is 1.30 bits per heavy atom. The molecule has 0 radical (unpaired) electrons. The Hall–Kier alpha value is -1.98. The van der Waals surface area contributed by atoms with Crippen LogP contribution in [0, 0.1) is 5.92 Å². The Bertz CT molecular complexity index is 467. The highest BCUT2D eigenvalue weighted by atomic mass is 16.3. The number of nitrogens with one attached hydrogen (secondary N) is 2. The van der Waals surface area contributed by atoms with Crippen LogP contribution in [0.2, 0.25) is 0 Å². The molecule has 6 heteroatoms. The predicted octanol–water partition coefficient (Wildman–Crippen LogP) is 1.88. The summed E-state index contributed by atoms with van der Waals surface area (Å²) in [5.41, 5.74) is 0. The van der Waals surface area contributed by atoms with E-state index in [0.717, 1.165) is 25.1 Å². The molecule has 2 N–H and O–H groups in total. The molecule has 1 aromatic rings. The highest BCUT2D eigenvalue weighted by Gasteiger charge is 2.05. The van der Waals surface area contributed by atoms with E-state index in [-0.39, 0.29) is 12.5 Å². The minimum absolute atomic E-state index is 0.0145. The Balaban J connectivity index is 2.42. The summed E-state index contributed by atoms with van der Waals surface area (Å²) in [6.07, 6.45) is 4.70. The second-order valence-electron chi connectivity index (χ2n) is 6.17. The number of aliphatic imine (C=N–C) groups is 1. The topological polar surface area (TPSA) is 69.9 Å². The Labute approximate surface area is 139 Å². The summed E-state index contributed by atoms with van der Waals surface area (Å²) < 4.78 is 5.31. The van der Waals surface area contributed by atoms with Crippen LogP contribution in [-0.2, 0) is 11.2 Å². The Morgan fingerprint density at radius 2 is 2.04 bits per heavy atom. The molecule has 0 unspecified atom stereocenters. The summed E-state index contributed by atoms with van der Waals surface area (Å²) in [6.45, 7) is 6.13. The maximum atomic E-state index is 11.7. The normalized spacial score (nSPS) is 11.6. The number of hydrogen-bond acceptors (Lipinski definition) is 3. The number of rotatable bonds is 9. The SMILES string of the molecule is CC(C)CCCNC(=NCC(=O)N(C)C)NCCc1ccco1. The van der Waals surface area contributed by atoms with Crippen LogP contribution in [0.5, 0.6) is 0 Å². The number of amides is 1. The highest BCUT2D eigenvalue weighted by Crippen LogP contribution is 2.02. The van der Waals surface area contributed by atoms with Gasteiger partial charge in [-0.05, 0) is 30.9 Å². The maximum absolute atomic E-state index is 11.7. The van der Waals surface area contributed by atoms with Crippen molar-refractivity contribution in [1.82, 2.24) is 15.5 Å². The van der Waals surface area contributed by atoms with Gasteiger partial charge < -0.3 is 20.0 Å². The molecule has 23 heavy (non-hydrogen) atoms. The average Bonchev–Trinajstić information content (AvgIpc) is 3.00. The molecule has 0 aromatic carbocycles. The van der Waals surface area contributed by atoms with E-state index in [4.69, 9.17) is 4.42 Å². The number of furan rings is 1. The molecule has 0 saturated carbocycles. The minimum atomic E-state index is -0.0145. The molecule has 0 aliphatic rings. The van der Waals surface area contributed by atoms with Crippen LogP contribution >= 0.6 is 0 Å². The molecule has 6 nitrogen and oxygen atoms in total. The Morgan fingerprint density at radius 3 is 2.65 bits per heavy atom. The quantitative estimate of drug-likeness (QED) is 0.414. The first-order valence-corrected chi connectivity index (χ1v) is 8.23. The van der Waals surface area contributed by atoms with Crippen molar-refractivity contribution in [3.63, 3.8) is 0 Å². The van der Waals surface area contributed by atoms with Crippen LogP contribution < -0.4 is 10.6 Å². The van der Waals surface area contributed by atoms with Crippen molar-refractivity contribution in [2.75, 3.05) is 33.7 Å². The van der Waals surface area contributed by atoms with E-state index in [2.05, 4.69) is 29.5 Å². The molecule has 0 fully saturated rings. The highest BCUT2D eigenvalue weighted by molar-refractivity contribution is 5.84. The van der Waals surface area contributed by atoms with Crippen LogP contribution in [0.25, 0.3) is 0 Å². The summed E-state index contributed by atoms with van der Waals surface area (Å²) in [5.74, 6) is 2.29. The summed E-state index contributed by atoms with van der Waals surface area (Å²) in [7, 11) is 3.47. The monoisotopic (exact) mass is 322 g/mol. The fourth-order valence-corrected chi connectivity index (χ4v) is 1.94. The predicted molar refractivity (Wildman–Crippen MR) is 93.5 cm³/mol. The van der Waals surface area contributed by atoms with Crippen molar-refractivity contribution in [3.05, 3.63) is 24.2 Å². The molecule has 0 bridgehead atoms. The molecule has 1 rings (SSSR count). The van der Waals surface area contributed by atoms with E-state index in [1.807, 2.05) is 12.1 Å². The number of nitrogens with zero attached hydrogens (tertiary/aromatic N) is 2. The van der Waals surface area contributed by atoms with Crippen LogP contribution in [0.4, 0.5) is 0 Å². The first kappa shape index (κ1) is 19.1. The van der Waals surface area contributed by atoms with Gasteiger partial charge in [-0.3, -0.25) is 4.79 Å². The van der Waals surface area contributed by atoms with Gasteiger partial charge in [0.2, 0.25) is 5.91 Å². The average molecular weight is 322 g/mol. The lowest BCUT2D eigenvalue weighted by molar-refractivity contribution is -0.127. The van der Waals surface area contributed by atoms with E-state index in [0.29, 0.717) is 18.4 Å².